The fourth-order valence-corrected chi connectivity index (χ4v) is 1.72. The lowest BCUT2D eigenvalue weighted by molar-refractivity contribution is -0.384. The second-order valence-electron chi connectivity index (χ2n) is 4.84. The van der Waals surface area contributed by atoms with Crippen LogP contribution < -0.4 is 5.32 Å². The number of aromatic hydroxyl groups is 1. The Kier molecular flexibility index (Phi) is 3.72. The number of hydrogen-bond donors (Lipinski definition) is 2. The number of phenolic OH excluding ortho intramolecular Hbond substituents is 1. The second-order valence-corrected chi connectivity index (χ2v) is 4.84. The Hall–Kier alpha value is -3.10. The van der Waals surface area contributed by atoms with Crippen molar-refractivity contribution in [1.29, 1.82) is 0 Å². The average Bonchev–Trinajstić information content (AvgIpc) is 2.37. The summed E-state index contributed by atoms with van der Waals surface area (Å²) < 4.78 is 9.76. The molecular formula is C13H12N2O7. The maximum absolute atomic E-state index is 11.7. The van der Waals surface area contributed by atoms with Gasteiger partial charge in [-0.3, -0.25) is 10.1 Å². The van der Waals surface area contributed by atoms with Crippen molar-refractivity contribution in [2.45, 2.75) is 19.6 Å². The molecule has 22 heavy (non-hydrogen) atoms. The zero-order valence-corrected chi connectivity index (χ0v) is 11.7. The number of nitrogens with one attached hydrogen (secondary N) is 1. The minimum absolute atomic E-state index is 0.0132. The summed E-state index contributed by atoms with van der Waals surface area (Å²) in [5, 5.41) is 22.6. The zero-order chi connectivity index (χ0) is 16.5. The molecule has 0 aliphatic carbocycles. The molecule has 0 spiro atoms. The number of nitro benzene ring substituents is 1. The molecule has 0 amide bonds. The largest absolute Gasteiger partial charge is 0.508 e. The van der Waals surface area contributed by atoms with Crippen LogP contribution in [0.1, 0.15) is 13.8 Å². The van der Waals surface area contributed by atoms with E-state index in [1.807, 2.05) is 0 Å². The van der Waals surface area contributed by atoms with E-state index in [9.17, 15) is 24.8 Å². The Morgan fingerprint density at radius 2 is 1.86 bits per heavy atom. The first-order valence-electron chi connectivity index (χ1n) is 6.10. The van der Waals surface area contributed by atoms with Crippen LogP contribution in [0.15, 0.2) is 30.0 Å². The van der Waals surface area contributed by atoms with Gasteiger partial charge in [-0.25, -0.2) is 9.59 Å². The van der Waals surface area contributed by atoms with Crippen LogP contribution in [0.25, 0.3) is 0 Å². The van der Waals surface area contributed by atoms with Crippen LogP contribution in [0.5, 0.6) is 5.75 Å². The number of esters is 2. The third-order valence-corrected chi connectivity index (χ3v) is 2.67. The van der Waals surface area contributed by atoms with Crippen LogP contribution in [0, 0.1) is 10.1 Å². The molecule has 2 rings (SSSR count). The van der Waals surface area contributed by atoms with Gasteiger partial charge in [0, 0.05) is 20.0 Å². The van der Waals surface area contributed by atoms with Gasteiger partial charge < -0.3 is 19.9 Å². The molecule has 1 aliphatic rings. The number of rotatable bonds is 3. The molecule has 1 aromatic rings. The molecule has 2 N–H and O–H groups in total. The molecule has 9 nitrogen and oxygen atoms in total. The molecular weight excluding hydrogens is 296 g/mol. The van der Waals surface area contributed by atoms with Crippen LogP contribution in [-0.2, 0) is 19.1 Å². The summed E-state index contributed by atoms with van der Waals surface area (Å²) >= 11 is 0. The number of anilines is 1. The molecule has 116 valence electrons. The summed E-state index contributed by atoms with van der Waals surface area (Å²) in [5.74, 6) is -3.47. The van der Waals surface area contributed by atoms with Gasteiger partial charge in [-0.15, -0.1) is 0 Å². The fraction of sp³-hybridized carbons (Fsp3) is 0.231. The van der Waals surface area contributed by atoms with Crippen molar-refractivity contribution in [1.82, 2.24) is 0 Å². The Bertz CT molecular complexity index is 672. The quantitative estimate of drug-likeness (QED) is 0.214. The van der Waals surface area contributed by atoms with Crippen LogP contribution in [0.3, 0.4) is 0 Å². The first-order chi connectivity index (χ1) is 10.2. The number of hydrogen-bond acceptors (Lipinski definition) is 8. The lowest BCUT2D eigenvalue weighted by Crippen LogP contribution is -2.42. The van der Waals surface area contributed by atoms with Crippen LogP contribution in [0.4, 0.5) is 11.4 Å². The van der Waals surface area contributed by atoms with Crippen molar-refractivity contribution in [3.05, 3.63) is 40.1 Å². The molecule has 1 aromatic carbocycles. The molecule has 0 atom stereocenters. The number of ether oxygens (including phenoxy) is 2. The highest BCUT2D eigenvalue weighted by Gasteiger charge is 2.39. The van der Waals surface area contributed by atoms with Crippen molar-refractivity contribution in [2.24, 2.45) is 0 Å². The highest BCUT2D eigenvalue weighted by atomic mass is 16.7. The summed E-state index contributed by atoms with van der Waals surface area (Å²) in [7, 11) is 0. The summed E-state index contributed by atoms with van der Waals surface area (Å²) in [4.78, 5) is 33.6. The van der Waals surface area contributed by atoms with E-state index in [-0.39, 0.29) is 11.4 Å². The van der Waals surface area contributed by atoms with Gasteiger partial charge in [0.2, 0.25) is 0 Å². The summed E-state index contributed by atoms with van der Waals surface area (Å²) in [6.07, 6.45) is 0.958. The monoisotopic (exact) mass is 308 g/mol. The molecule has 0 saturated carbocycles. The lowest BCUT2D eigenvalue weighted by Gasteiger charge is -2.29. The number of cyclic esters (lactones) is 2. The molecule has 0 radical (unpaired) electrons. The fourth-order valence-electron chi connectivity index (χ4n) is 1.72. The van der Waals surface area contributed by atoms with Crippen molar-refractivity contribution in [2.75, 3.05) is 5.32 Å². The van der Waals surface area contributed by atoms with Crippen molar-refractivity contribution >= 4 is 23.3 Å². The van der Waals surface area contributed by atoms with Crippen LogP contribution in [0.2, 0.25) is 0 Å². The maximum atomic E-state index is 11.7. The van der Waals surface area contributed by atoms with E-state index >= 15 is 0 Å². The number of carbonyl (C=O) groups excluding carboxylic acids is 2. The lowest BCUT2D eigenvalue weighted by atomic mass is 10.2. The molecule has 1 saturated heterocycles. The Morgan fingerprint density at radius 3 is 2.41 bits per heavy atom. The molecule has 0 bridgehead atoms. The number of benzene rings is 1. The molecule has 1 fully saturated rings. The third kappa shape index (κ3) is 3.14. The van der Waals surface area contributed by atoms with Gasteiger partial charge >= 0.3 is 11.9 Å². The van der Waals surface area contributed by atoms with Gasteiger partial charge in [-0.05, 0) is 12.1 Å². The van der Waals surface area contributed by atoms with Gasteiger partial charge in [0.15, 0.2) is 5.57 Å². The van der Waals surface area contributed by atoms with E-state index in [1.54, 1.807) is 0 Å². The number of carbonyl (C=O) groups is 2. The molecule has 9 heteroatoms. The SMILES string of the molecule is CC1(C)OC(=O)C(=CNc2ccc(O)cc2[N+](=O)[O-])C(=O)O1. The Balaban J connectivity index is 2.27. The van der Waals surface area contributed by atoms with Crippen molar-refractivity contribution < 1.29 is 29.1 Å². The van der Waals surface area contributed by atoms with Gasteiger partial charge in [-0.1, -0.05) is 0 Å². The van der Waals surface area contributed by atoms with E-state index in [1.165, 1.54) is 26.0 Å². The summed E-state index contributed by atoms with van der Waals surface area (Å²) in [6.45, 7) is 2.80. The summed E-state index contributed by atoms with van der Waals surface area (Å²) in [6, 6.07) is 3.38. The van der Waals surface area contributed by atoms with Crippen molar-refractivity contribution in [3.63, 3.8) is 0 Å². The maximum Gasteiger partial charge on any atom is 0.350 e. The highest BCUT2D eigenvalue weighted by Crippen LogP contribution is 2.29. The van der Waals surface area contributed by atoms with Crippen LogP contribution >= 0.6 is 0 Å². The van der Waals surface area contributed by atoms with E-state index in [2.05, 4.69) is 5.32 Å². The zero-order valence-electron chi connectivity index (χ0n) is 11.7. The number of nitrogens with zero attached hydrogens (tertiary/aromatic N) is 1. The first kappa shape index (κ1) is 15.3. The molecule has 1 aliphatic heterocycles. The number of phenols is 1. The van der Waals surface area contributed by atoms with E-state index in [0.29, 0.717) is 0 Å². The topological polar surface area (TPSA) is 128 Å². The molecule has 0 unspecified atom stereocenters. The first-order valence-corrected chi connectivity index (χ1v) is 6.10. The minimum Gasteiger partial charge on any atom is -0.508 e. The molecule has 1 heterocycles. The standard InChI is InChI=1S/C13H12N2O7/c1-13(2)21-11(17)8(12(18)22-13)6-14-9-4-3-7(16)5-10(9)15(19)20/h3-6,14,16H,1-2H3. The van der Waals surface area contributed by atoms with E-state index in [0.717, 1.165) is 12.3 Å². The minimum atomic E-state index is -1.37. The van der Waals surface area contributed by atoms with Gasteiger partial charge in [-0.2, -0.15) is 0 Å². The van der Waals surface area contributed by atoms with Crippen molar-refractivity contribution in [3.8, 4) is 5.75 Å². The van der Waals surface area contributed by atoms with Gasteiger partial charge in [0.05, 0.1) is 11.0 Å². The Labute approximate surface area is 124 Å². The average molecular weight is 308 g/mol. The number of nitro groups is 1. The van der Waals surface area contributed by atoms with Crippen LogP contribution in [-0.4, -0.2) is 27.8 Å². The predicted molar refractivity (Wildman–Crippen MR) is 72.7 cm³/mol. The smallest absolute Gasteiger partial charge is 0.350 e. The van der Waals surface area contributed by atoms with E-state index < -0.39 is 33.9 Å². The normalized spacial score (nSPS) is 16.5. The predicted octanol–water partition coefficient (Wildman–Crippen LogP) is 1.43. The highest BCUT2D eigenvalue weighted by molar-refractivity contribution is 6.15. The summed E-state index contributed by atoms with van der Waals surface area (Å²) in [5.41, 5.74) is -0.864. The van der Waals surface area contributed by atoms with Gasteiger partial charge in [0.1, 0.15) is 11.4 Å². The Morgan fingerprint density at radius 1 is 1.27 bits per heavy atom. The van der Waals surface area contributed by atoms with E-state index in [4.69, 9.17) is 9.47 Å². The molecule has 0 aromatic heterocycles. The third-order valence-electron chi connectivity index (χ3n) is 2.67. The van der Waals surface area contributed by atoms with Gasteiger partial charge in [0.25, 0.3) is 11.5 Å². The second kappa shape index (κ2) is 5.35.